The molecule has 4 amide bonds. The Labute approximate surface area is 273 Å². The third kappa shape index (κ3) is 7.65. The van der Waals surface area contributed by atoms with Crippen molar-refractivity contribution in [2.75, 3.05) is 32.1 Å². The molecule has 6 rings (SSSR count). The molecule has 1 aliphatic heterocycles. The van der Waals surface area contributed by atoms with E-state index in [0.717, 1.165) is 17.7 Å². The van der Waals surface area contributed by atoms with Gasteiger partial charge in [-0.25, -0.2) is 9.18 Å². The van der Waals surface area contributed by atoms with Crippen molar-refractivity contribution in [3.8, 4) is 22.1 Å². The standard InChI is InChI=1S/C33H33FN6O6S/c1-19(41)45-18-30(42)39(2)23-10-13-40(14-11-23)32(43)20-3-7-25(36-17-20)29-16-26-31(47-29)28(9-12-35-26)46-27-8-6-22(15-24(27)34)38-33(44)37-21-4-5-21/h3,6-9,12,15-17,21,23H,4-5,10-11,13-14,18H2,1-2H3,(H2,37,38,44). The number of thiophene rings is 1. The van der Waals surface area contributed by atoms with Gasteiger partial charge in [-0.05, 0) is 56.0 Å². The van der Waals surface area contributed by atoms with Gasteiger partial charge < -0.3 is 29.9 Å². The molecule has 0 radical (unpaired) electrons. The number of hydrogen-bond acceptors (Lipinski definition) is 9. The minimum absolute atomic E-state index is 0.00543. The number of esters is 1. The minimum atomic E-state index is -0.623. The van der Waals surface area contributed by atoms with E-state index in [4.69, 9.17) is 9.47 Å². The van der Waals surface area contributed by atoms with Gasteiger partial charge in [-0.3, -0.25) is 24.4 Å². The second-order valence-electron chi connectivity index (χ2n) is 11.5. The molecular formula is C33H33FN6O6S. The summed E-state index contributed by atoms with van der Waals surface area (Å²) in [6.45, 7) is 1.93. The van der Waals surface area contributed by atoms with Crippen molar-refractivity contribution in [3.05, 3.63) is 66.2 Å². The first-order chi connectivity index (χ1) is 22.6. The zero-order valence-corrected chi connectivity index (χ0v) is 26.6. The highest BCUT2D eigenvalue weighted by atomic mass is 32.1. The maximum Gasteiger partial charge on any atom is 0.319 e. The number of halogens is 1. The van der Waals surface area contributed by atoms with Gasteiger partial charge in [0.1, 0.15) is 5.75 Å². The predicted molar refractivity (Wildman–Crippen MR) is 173 cm³/mol. The highest BCUT2D eigenvalue weighted by Crippen LogP contribution is 2.39. The summed E-state index contributed by atoms with van der Waals surface area (Å²) in [7, 11) is 1.68. The van der Waals surface area contributed by atoms with Crippen molar-refractivity contribution >= 4 is 51.1 Å². The van der Waals surface area contributed by atoms with E-state index >= 15 is 0 Å². The monoisotopic (exact) mass is 660 g/mol. The first kappa shape index (κ1) is 31.9. The number of ether oxygens (including phenoxy) is 2. The Morgan fingerprint density at radius 1 is 1.02 bits per heavy atom. The summed E-state index contributed by atoms with van der Waals surface area (Å²) < 4.78 is 26.4. The number of likely N-dealkylation sites (tertiary alicyclic amines) is 1. The van der Waals surface area contributed by atoms with Gasteiger partial charge in [-0.1, -0.05) is 0 Å². The third-order valence-electron chi connectivity index (χ3n) is 8.05. The highest BCUT2D eigenvalue weighted by Gasteiger charge is 2.28. The molecule has 14 heteroatoms. The molecule has 1 aliphatic carbocycles. The average molecular weight is 661 g/mol. The van der Waals surface area contributed by atoms with E-state index in [1.807, 2.05) is 6.07 Å². The van der Waals surface area contributed by atoms with Crippen LogP contribution in [0.15, 0.2) is 54.9 Å². The maximum atomic E-state index is 14.9. The van der Waals surface area contributed by atoms with Crippen LogP contribution >= 0.6 is 11.3 Å². The number of amides is 4. The van der Waals surface area contributed by atoms with Crippen molar-refractivity contribution in [1.82, 2.24) is 25.1 Å². The number of rotatable bonds is 9. The predicted octanol–water partition coefficient (Wildman–Crippen LogP) is 5.20. The number of pyridine rings is 2. The SMILES string of the molecule is CC(=O)OCC(=O)N(C)C1CCN(C(=O)c2ccc(-c3cc4nccc(Oc5ccc(NC(=O)NC6CC6)cc5F)c4s3)nc2)CC1. The van der Waals surface area contributed by atoms with Gasteiger partial charge in [0.25, 0.3) is 11.8 Å². The van der Waals surface area contributed by atoms with Crippen molar-refractivity contribution in [2.45, 2.75) is 44.7 Å². The molecular weight excluding hydrogens is 627 g/mol. The normalized spacial score (nSPS) is 14.8. The molecule has 47 heavy (non-hydrogen) atoms. The molecule has 2 aliphatic rings. The van der Waals surface area contributed by atoms with E-state index in [2.05, 4.69) is 20.6 Å². The van der Waals surface area contributed by atoms with E-state index < -0.39 is 11.8 Å². The molecule has 1 saturated heterocycles. The summed E-state index contributed by atoms with van der Waals surface area (Å²) in [5, 5.41) is 5.43. The zero-order chi connectivity index (χ0) is 33.1. The molecule has 2 fully saturated rings. The summed E-state index contributed by atoms with van der Waals surface area (Å²) in [5.41, 5.74) is 2.07. The van der Waals surface area contributed by atoms with Crippen LogP contribution in [0, 0.1) is 5.82 Å². The van der Waals surface area contributed by atoms with Crippen LogP contribution in [-0.4, -0.2) is 82.4 Å². The number of carbonyl (C=O) groups is 4. The number of nitrogens with zero attached hydrogens (tertiary/aromatic N) is 4. The molecule has 12 nitrogen and oxygen atoms in total. The van der Waals surface area contributed by atoms with Crippen LogP contribution in [0.3, 0.4) is 0 Å². The van der Waals surface area contributed by atoms with Gasteiger partial charge in [0.2, 0.25) is 0 Å². The van der Waals surface area contributed by atoms with Gasteiger partial charge in [-0.2, -0.15) is 0 Å². The van der Waals surface area contributed by atoms with Crippen LogP contribution in [0.4, 0.5) is 14.9 Å². The molecule has 2 N–H and O–H groups in total. The molecule has 244 valence electrons. The molecule has 4 heterocycles. The zero-order valence-electron chi connectivity index (χ0n) is 25.8. The van der Waals surface area contributed by atoms with Gasteiger partial charge >= 0.3 is 12.0 Å². The van der Waals surface area contributed by atoms with Crippen LogP contribution in [-0.2, 0) is 14.3 Å². The van der Waals surface area contributed by atoms with Gasteiger partial charge in [0.05, 0.1) is 26.4 Å². The topological polar surface area (TPSA) is 143 Å². The Morgan fingerprint density at radius 2 is 1.81 bits per heavy atom. The minimum Gasteiger partial charge on any atom is -0.456 e. The van der Waals surface area contributed by atoms with Crippen LogP contribution in [0.1, 0.15) is 43.0 Å². The summed E-state index contributed by atoms with van der Waals surface area (Å²) >= 11 is 1.38. The van der Waals surface area contributed by atoms with Gasteiger partial charge in [0, 0.05) is 69.4 Å². The van der Waals surface area contributed by atoms with E-state index in [1.54, 1.807) is 53.5 Å². The first-order valence-corrected chi connectivity index (χ1v) is 16.0. The highest BCUT2D eigenvalue weighted by molar-refractivity contribution is 7.22. The molecule has 0 unspecified atom stereocenters. The van der Waals surface area contributed by atoms with E-state index in [-0.39, 0.29) is 42.3 Å². The van der Waals surface area contributed by atoms with E-state index in [1.165, 1.54) is 30.4 Å². The number of hydrogen-bond donors (Lipinski definition) is 2. The van der Waals surface area contributed by atoms with Crippen molar-refractivity contribution in [2.24, 2.45) is 0 Å². The van der Waals surface area contributed by atoms with Gasteiger partial charge in [-0.15, -0.1) is 11.3 Å². The third-order valence-corrected chi connectivity index (χ3v) is 9.21. The number of aromatic nitrogens is 2. The summed E-state index contributed by atoms with van der Waals surface area (Å²) in [5.74, 6) is -1.12. The lowest BCUT2D eigenvalue weighted by Crippen LogP contribution is -2.48. The summed E-state index contributed by atoms with van der Waals surface area (Å²) in [6, 6.07) is 11.0. The Balaban J connectivity index is 1.08. The quantitative estimate of drug-likeness (QED) is 0.233. The lowest BCUT2D eigenvalue weighted by atomic mass is 10.0. The largest absolute Gasteiger partial charge is 0.456 e. The number of urea groups is 1. The fraction of sp³-hybridized carbons (Fsp3) is 0.333. The lowest BCUT2D eigenvalue weighted by molar-refractivity contribution is -0.150. The molecule has 0 atom stereocenters. The van der Waals surface area contributed by atoms with Crippen LogP contribution < -0.4 is 15.4 Å². The lowest BCUT2D eigenvalue weighted by Gasteiger charge is -2.36. The van der Waals surface area contributed by atoms with Crippen LogP contribution in [0.2, 0.25) is 0 Å². The Morgan fingerprint density at radius 3 is 2.49 bits per heavy atom. The maximum absolute atomic E-state index is 14.9. The fourth-order valence-electron chi connectivity index (χ4n) is 5.26. The first-order valence-electron chi connectivity index (χ1n) is 15.2. The number of anilines is 1. The number of fused-ring (bicyclic) bond motifs is 1. The summed E-state index contributed by atoms with van der Waals surface area (Å²) in [4.78, 5) is 61.6. The molecule has 4 aromatic rings. The second kappa shape index (κ2) is 13.7. The summed E-state index contributed by atoms with van der Waals surface area (Å²) in [6.07, 6.45) is 6.25. The smallest absolute Gasteiger partial charge is 0.319 e. The van der Waals surface area contributed by atoms with Gasteiger partial charge in [0.15, 0.2) is 18.2 Å². The molecule has 1 saturated carbocycles. The molecule has 3 aromatic heterocycles. The van der Waals surface area contributed by atoms with E-state index in [0.29, 0.717) is 58.8 Å². The van der Waals surface area contributed by atoms with Crippen molar-refractivity contribution in [1.29, 1.82) is 0 Å². The van der Waals surface area contributed by atoms with Crippen LogP contribution in [0.5, 0.6) is 11.5 Å². The Kier molecular flexibility index (Phi) is 9.29. The second-order valence-corrected chi connectivity index (χ2v) is 12.5. The molecule has 0 spiro atoms. The number of benzene rings is 1. The number of likely N-dealkylation sites (N-methyl/N-ethyl adjacent to an activating group) is 1. The number of piperidine rings is 1. The number of nitrogens with one attached hydrogen (secondary N) is 2. The Bertz CT molecular complexity index is 1820. The molecule has 0 bridgehead atoms. The van der Waals surface area contributed by atoms with Crippen molar-refractivity contribution < 1.29 is 33.0 Å². The van der Waals surface area contributed by atoms with Crippen molar-refractivity contribution in [3.63, 3.8) is 0 Å². The van der Waals surface area contributed by atoms with E-state index in [9.17, 15) is 23.6 Å². The fourth-order valence-corrected chi connectivity index (χ4v) is 6.30. The van der Waals surface area contributed by atoms with Crippen LogP contribution in [0.25, 0.3) is 20.8 Å². The molecule has 1 aromatic carbocycles. The number of carbonyl (C=O) groups excluding carboxylic acids is 4. The average Bonchev–Trinajstić information content (AvgIpc) is 3.77. The Hall–Kier alpha value is -5.11.